The highest BCUT2D eigenvalue weighted by molar-refractivity contribution is 5.92. The Kier molecular flexibility index (Phi) is 6.21. The molecule has 1 aromatic rings. The van der Waals surface area contributed by atoms with E-state index in [4.69, 9.17) is 0 Å². The molecule has 1 heterocycles. The second-order valence-corrected chi connectivity index (χ2v) is 5.77. The van der Waals surface area contributed by atoms with Gasteiger partial charge in [-0.05, 0) is 31.0 Å². The Bertz CT molecular complexity index is 435. The minimum Gasteiger partial charge on any atom is -0.325 e. The summed E-state index contributed by atoms with van der Waals surface area (Å²) >= 11 is 0. The second-order valence-electron chi connectivity index (χ2n) is 5.77. The number of rotatable bonds is 6. The number of carbonyl (C=O) groups excluding carboxylic acids is 1. The lowest BCUT2D eigenvalue weighted by molar-refractivity contribution is -0.117. The van der Waals surface area contributed by atoms with E-state index in [-0.39, 0.29) is 5.91 Å². The Labute approximate surface area is 127 Å². The number of carbonyl (C=O) groups is 1. The summed E-state index contributed by atoms with van der Waals surface area (Å²) in [6.45, 7) is 7.92. The van der Waals surface area contributed by atoms with Crippen LogP contribution in [0.1, 0.15) is 26.7 Å². The van der Waals surface area contributed by atoms with E-state index in [9.17, 15) is 4.79 Å². The van der Waals surface area contributed by atoms with Crippen LogP contribution in [0.4, 0.5) is 5.69 Å². The fourth-order valence-corrected chi connectivity index (χ4v) is 3.12. The maximum absolute atomic E-state index is 12.1. The molecule has 1 aliphatic heterocycles. The number of hydrogen-bond acceptors (Lipinski definition) is 3. The fourth-order valence-electron chi connectivity index (χ4n) is 3.12. The minimum atomic E-state index is 0.0814. The third kappa shape index (κ3) is 4.83. The predicted octanol–water partition coefficient (Wildman–Crippen LogP) is 2.34. The summed E-state index contributed by atoms with van der Waals surface area (Å²) < 4.78 is 0. The summed E-state index contributed by atoms with van der Waals surface area (Å²) in [5, 5.41) is 6.53. The molecule has 2 rings (SSSR count). The molecule has 0 radical (unpaired) electrons. The molecule has 0 saturated carbocycles. The fraction of sp³-hybridized carbons (Fsp3) is 0.588. The van der Waals surface area contributed by atoms with Crippen molar-refractivity contribution in [3.63, 3.8) is 0 Å². The standard InChI is InChI=1S/C17H27N3O/c1-3-14-12-20(11-10-16(14)18-4-2)13-17(21)19-15-8-6-5-7-9-15/h5-9,14,16,18H,3-4,10-13H2,1-2H3,(H,19,21). The zero-order valence-electron chi connectivity index (χ0n) is 13.1. The van der Waals surface area contributed by atoms with E-state index < -0.39 is 0 Å². The van der Waals surface area contributed by atoms with Crippen LogP contribution >= 0.6 is 0 Å². The maximum Gasteiger partial charge on any atom is 0.238 e. The molecule has 0 bridgehead atoms. The van der Waals surface area contributed by atoms with Crippen LogP contribution in [0.3, 0.4) is 0 Å². The predicted molar refractivity (Wildman–Crippen MR) is 87.4 cm³/mol. The monoisotopic (exact) mass is 289 g/mol. The van der Waals surface area contributed by atoms with Crippen LogP contribution in [-0.2, 0) is 4.79 Å². The number of hydrogen-bond donors (Lipinski definition) is 2. The summed E-state index contributed by atoms with van der Waals surface area (Å²) in [4.78, 5) is 14.4. The van der Waals surface area contributed by atoms with Gasteiger partial charge in [0.25, 0.3) is 0 Å². The maximum atomic E-state index is 12.1. The lowest BCUT2D eigenvalue weighted by Crippen LogP contribution is -2.50. The molecule has 0 aliphatic carbocycles. The highest BCUT2D eigenvalue weighted by Gasteiger charge is 2.28. The first-order valence-electron chi connectivity index (χ1n) is 8.03. The second kappa shape index (κ2) is 8.15. The third-order valence-electron chi connectivity index (χ3n) is 4.23. The van der Waals surface area contributed by atoms with E-state index in [1.807, 2.05) is 30.3 Å². The first-order chi connectivity index (χ1) is 10.2. The number of nitrogens with one attached hydrogen (secondary N) is 2. The third-order valence-corrected chi connectivity index (χ3v) is 4.23. The van der Waals surface area contributed by atoms with Crippen LogP contribution in [-0.4, -0.2) is 43.0 Å². The van der Waals surface area contributed by atoms with Crippen LogP contribution in [0, 0.1) is 5.92 Å². The van der Waals surface area contributed by atoms with E-state index >= 15 is 0 Å². The lowest BCUT2D eigenvalue weighted by atomic mass is 9.90. The van der Waals surface area contributed by atoms with Gasteiger partial charge >= 0.3 is 0 Å². The molecule has 2 atom stereocenters. The molecule has 4 nitrogen and oxygen atoms in total. The number of amides is 1. The summed E-state index contributed by atoms with van der Waals surface area (Å²) in [7, 11) is 0. The van der Waals surface area contributed by atoms with Gasteiger partial charge in [0, 0.05) is 24.8 Å². The van der Waals surface area contributed by atoms with Crippen molar-refractivity contribution >= 4 is 11.6 Å². The SMILES string of the molecule is CCNC1CCN(CC(=O)Nc2ccccc2)CC1CC. The Hall–Kier alpha value is -1.39. The van der Waals surface area contributed by atoms with E-state index in [0.717, 1.165) is 38.2 Å². The molecule has 0 aromatic heterocycles. The van der Waals surface area contributed by atoms with Gasteiger partial charge in [0.05, 0.1) is 6.54 Å². The van der Waals surface area contributed by atoms with Gasteiger partial charge in [0.15, 0.2) is 0 Å². The van der Waals surface area contributed by atoms with Gasteiger partial charge in [-0.15, -0.1) is 0 Å². The minimum absolute atomic E-state index is 0.0814. The first kappa shape index (κ1) is 16.0. The van der Waals surface area contributed by atoms with Crippen molar-refractivity contribution in [3.05, 3.63) is 30.3 Å². The van der Waals surface area contributed by atoms with Gasteiger partial charge in [-0.2, -0.15) is 0 Å². The summed E-state index contributed by atoms with van der Waals surface area (Å²) in [5.74, 6) is 0.723. The number of benzene rings is 1. The van der Waals surface area contributed by atoms with E-state index in [1.165, 1.54) is 0 Å². The van der Waals surface area contributed by atoms with Gasteiger partial charge in [0.1, 0.15) is 0 Å². The van der Waals surface area contributed by atoms with Crippen LogP contribution in [0.15, 0.2) is 30.3 Å². The zero-order chi connectivity index (χ0) is 15.1. The number of likely N-dealkylation sites (tertiary alicyclic amines) is 1. The first-order valence-corrected chi connectivity index (χ1v) is 8.03. The molecule has 1 aromatic carbocycles. The van der Waals surface area contributed by atoms with Gasteiger partial charge in [-0.3, -0.25) is 9.69 Å². The average molecular weight is 289 g/mol. The smallest absolute Gasteiger partial charge is 0.238 e. The zero-order valence-corrected chi connectivity index (χ0v) is 13.1. The number of para-hydroxylation sites is 1. The van der Waals surface area contributed by atoms with Crippen molar-refractivity contribution in [2.45, 2.75) is 32.7 Å². The largest absolute Gasteiger partial charge is 0.325 e. The van der Waals surface area contributed by atoms with Gasteiger partial charge < -0.3 is 10.6 Å². The summed E-state index contributed by atoms with van der Waals surface area (Å²) in [6.07, 6.45) is 2.29. The molecule has 1 aliphatic rings. The van der Waals surface area contributed by atoms with Crippen LogP contribution in [0.5, 0.6) is 0 Å². The Morgan fingerprint density at radius 1 is 1.29 bits per heavy atom. The number of anilines is 1. The molecular formula is C17H27N3O. The molecule has 2 unspecified atom stereocenters. The molecule has 1 saturated heterocycles. The van der Waals surface area contributed by atoms with Crippen molar-refractivity contribution in [1.29, 1.82) is 0 Å². The number of nitrogens with zero attached hydrogens (tertiary/aromatic N) is 1. The average Bonchev–Trinajstić information content (AvgIpc) is 2.50. The van der Waals surface area contributed by atoms with Gasteiger partial charge in [-0.1, -0.05) is 38.5 Å². The van der Waals surface area contributed by atoms with Crippen molar-refractivity contribution < 1.29 is 4.79 Å². The molecule has 0 spiro atoms. The molecular weight excluding hydrogens is 262 g/mol. The van der Waals surface area contributed by atoms with Crippen molar-refractivity contribution in [1.82, 2.24) is 10.2 Å². The number of piperidine rings is 1. The topological polar surface area (TPSA) is 44.4 Å². The molecule has 2 N–H and O–H groups in total. The van der Waals surface area contributed by atoms with Crippen LogP contribution in [0.2, 0.25) is 0 Å². The van der Waals surface area contributed by atoms with E-state index in [2.05, 4.69) is 29.4 Å². The Balaban J connectivity index is 1.82. The quantitative estimate of drug-likeness (QED) is 0.845. The van der Waals surface area contributed by atoms with Gasteiger partial charge in [0.2, 0.25) is 5.91 Å². The van der Waals surface area contributed by atoms with Gasteiger partial charge in [-0.25, -0.2) is 0 Å². The summed E-state index contributed by atoms with van der Waals surface area (Å²) in [5.41, 5.74) is 0.872. The molecule has 21 heavy (non-hydrogen) atoms. The van der Waals surface area contributed by atoms with Crippen molar-refractivity contribution in [3.8, 4) is 0 Å². The normalized spacial score (nSPS) is 23.0. The van der Waals surface area contributed by atoms with E-state index in [0.29, 0.717) is 18.5 Å². The highest BCUT2D eigenvalue weighted by atomic mass is 16.2. The summed E-state index contributed by atoms with van der Waals surface area (Å²) in [6, 6.07) is 10.3. The molecule has 1 fully saturated rings. The molecule has 1 amide bonds. The highest BCUT2D eigenvalue weighted by Crippen LogP contribution is 2.20. The molecule has 116 valence electrons. The lowest BCUT2D eigenvalue weighted by Gasteiger charge is -2.38. The van der Waals surface area contributed by atoms with Crippen molar-refractivity contribution in [2.75, 3.05) is 31.5 Å². The van der Waals surface area contributed by atoms with Crippen LogP contribution in [0.25, 0.3) is 0 Å². The van der Waals surface area contributed by atoms with Crippen molar-refractivity contribution in [2.24, 2.45) is 5.92 Å². The Morgan fingerprint density at radius 3 is 2.71 bits per heavy atom. The van der Waals surface area contributed by atoms with Crippen LogP contribution < -0.4 is 10.6 Å². The Morgan fingerprint density at radius 2 is 2.05 bits per heavy atom. The molecule has 4 heteroatoms. The van der Waals surface area contributed by atoms with E-state index in [1.54, 1.807) is 0 Å².